The second-order valence-corrected chi connectivity index (χ2v) is 6.44. The van der Waals surface area contributed by atoms with Crippen molar-refractivity contribution in [2.24, 2.45) is 0 Å². The second kappa shape index (κ2) is 5.85. The predicted octanol–water partition coefficient (Wildman–Crippen LogP) is 1.70. The molecule has 0 aromatic carbocycles. The summed E-state index contributed by atoms with van der Waals surface area (Å²) in [5.74, 6) is 3.58. The van der Waals surface area contributed by atoms with Crippen molar-refractivity contribution < 1.29 is 0 Å². The predicted molar refractivity (Wildman–Crippen MR) is 90.0 cm³/mol. The lowest BCUT2D eigenvalue weighted by Gasteiger charge is -2.36. The molecular weight excluding hydrogens is 304 g/mol. The van der Waals surface area contributed by atoms with Crippen molar-refractivity contribution in [3.63, 3.8) is 0 Å². The van der Waals surface area contributed by atoms with E-state index in [2.05, 4.69) is 25.2 Å². The highest BCUT2D eigenvalue weighted by atomic mass is 15.4. The summed E-state index contributed by atoms with van der Waals surface area (Å²) in [5, 5.41) is 17.5. The van der Waals surface area contributed by atoms with Gasteiger partial charge in [0.1, 0.15) is 17.5 Å². The van der Waals surface area contributed by atoms with Crippen LogP contribution in [0.15, 0.2) is 12.1 Å². The molecule has 1 aliphatic rings. The summed E-state index contributed by atoms with van der Waals surface area (Å²) in [5.41, 5.74) is 0.785. The Bertz CT molecular complexity index is 864. The minimum atomic E-state index is 0.375. The Morgan fingerprint density at radius 2 is 1.92 bits per heavy atom. The quantitative estimate of drug-likeness (QED) is 0.729. The third-order valence-corrected chi connectivity index (χ3v) is 4.67. The average Bonchev–Trinajstić information content (AvgIpc) is 3.10. The third kappa shape index (κ3) is 2.61. The van der Waals surface area contributed by atoms with Gasteiger partial charge in [-0.15, -0.1) is 15.3 Å². The third-order valence-electron chi connectivity index (χ3n) is 4.67. The lowest BCUT2D eigenvalue weighted by molar-refractivity contribution is 0.391. The smallest absolute Gasteiger partial charge is 0.178 e. The van der Waals surface area contributed by atoms with Crippen molar-refractivity contribution in [1.29, 1.82) is 0 Å². The molecule has 0 bridgehead atoms. The number of hydrogen-bond acceptors (Lipinski definition) is 6. The lowest BCUT2D eigenvalue weighted by Crippen LogP contribution is -2.43. The van der Waals surface area contributed by atoms with Gasteiger partial charge in [0.05, 0.1) is 12.6 Å². The molecule has 8 nitrogen and oxygen atoms in total. The van der Waals surface area contributed by atoms with Gasteiger partial charge in [-0.2, -0.15) is 9.61 Å². The molecule has 1 aliphatic heterocycles. The standard InChI is InChI=1S/C16H22N8/c1-11-17-12(2)23(20-11)10-14-6-4-5-9-22(14)16-8-7-15-19-18-13(3)24(15)21-16/h7-8,14H,4-6,9-10H2,1-3H3. The van der Waals surface area contributed by atoms with Gasteiger partial charge < -0.3 is 4.90 Å². The van der Waals surface area contributed by atoms with E-state index in [9.17, 15) is 0 Å². The summed E-state index contributed by atoms with van der Waals surface area (Å²) in [6.07, 6.45) is 3.56. The number of hydrogen-bond donors (Lipinski definition) is 0. The van der Waals surface area contributed by atoms with Crippen LogP contribution in [0.2, 0.25) is 0 Å². The first kappa shape index (κ1) is 15.0. The Labute approximate surface area is 140 Å². The van der Waals surface area contributed by atoms with Gasteiger partial charge in [-0.25, -0.2) is 9.67 Å². The molecule has 24 heavy (non-hydrogen) atoms. The maximum absolute atomic E-state index is 4.75. The summed E-state index contributed by atoms with van der Waals surface area (Å²) < 4.78 is 3.83. The molecule has 0 N–H and O–H groups in total. The summed E-state index contributed by atoms with van der Waals surface area (Å²) >= 11 is 0. The van der Waals surface area contributed by atoms with Crippen LogP contribution in [0, 0.1) is 20.8 Å². The van der Waals surface area contributed by atoms with Crippen LogP contribution in [0.25, 0.3) is 5.65 Å². The first-order valence-corrected chi connectivity index (χ1v) is 8.45. The molecule has 0 radical (unpaired) electrons. The van der Waals surface area contributed by atoms with E-state index in [0.29, 0.717) is 6.04 Å². The molecule has 8 heteroatoms. The van der Waals surface area contributed by atoms with Crippen molar-refractivity contribution in [3.05, 3.63) is 29.6 Å². The number of fused-ring (bicyclic) bond motifs is 1. The molecule has 0 spiro atoms. The zero-order chi connectivity index (χ0) is 16.7. The molecule has 126 valence electrons. The first-order valence-electron chi connectivity index (χ1n) is 8.45. The summed E-state index contributed by atoms with van der Waals surface area (Å²) in [7, 11) is 0. The zero-order valence-corrected chi connectivity index (χ0v) is 14.3. The molecule has 0 aliphatic carbocycles. The summed E-state index contributed by atoms with van der Waals surface area (Å²) in [6.45, 7) is 7.72. The normalized spacial score (nSPS) is 18.5. The van der Waals surface area contributed by atoms with Gasteiger partial charge in [-0.3, -0.25) is 0 Å². The Morgan fingerprint density at radius 3 is 2.71 bits per heavy atom. The van der Waals surface area contributed by atoms with Gasteiger partial charge in [0, 0.05) is 6.54 Å². The summed E-state index contributed by atoms with van der Waals surface area (Å²) in [6, 6.07) is 4.40. The van der Waals surface area contributed by atoms with Crippen LogP contribution in [0.3, 0.4) is 0 Å². The van der Waals surface area contributed by atoms with E-state index in [1.165, 1.54) is 12.8 Å². The molecule has 0 saturated carbocycles. The van der Waals surface area contributed by atoms with Gasteiger partial charge in [-0.1, -0.05) is 0 Å². The van der Waals surface area contributed by atoms with Crippen molar-refractivity contribution in [2.75, 3.05) is 11.4 Å². The molecular formula is C16H22N8. The van der Waals surface area contributed by atoms with E-state index >= 15 is 0 Å². The topological polar surface area (TPSA) is 77.0 Å². The highest BCUT2D eigenvalue weighted by Crippen LogP contribution is 2.24. The number of nitrogens with zero attached hydrogens (tertiary/aromatic N) is 8. The number of rotatable bonds is 3. The average molecular weight is 326 g/mol. The fourth-order valence-electron chi connectivity index (χ4n) is 3.47. The van der Waals surface area contributed by atoms with Gasteiger partial charge in [-0.05, 0) is 52.2 Å². The zero-order valence-electron chi connectivity index (χ0n) is 14.3. The highest BCUT2D eigenvalue weighted by molar-refractivity contribution is 5.46. The minimum absolute atomic E-state index is 0.375. The van der Waals surface area contributed by atoms with Crippen molar-refractivity contribution >= 4 is 11.5 Å². The van der Waals surface area contributed by atoms with Crippen LogP contribution in [0.4, 0.5) is 5.82 Å². The van der Waals surface area contributed by atoms with E-state index in [1.807, 2.05) is 42.1 Å². The van der Waals surface area contributed by atoms with Gasteiger partial charge in [0.25, 0.3) is 0 Å². The highest BCUT2D eigenvalue weighted by Gasteiger charge is 2.25. The molecule has 1 atom stereocenters. The van der Waals surface area contributed by atoms with Gasteiger partial charge >= 0.3 is 0 Å². The van der Waals surface area contributed by atoms with Crippen LogP contribution in [0.1, 0.15) is 36.7 Å². The second-order valence-electron chi connectivity index (χ2n) is 6.44. The SMILES string of the molecule is Cc1nc(C)n(CC2CCCCN2c2ccc3nnc(C)n3n2)n1. The molecule has 3 aromatic rings. The molecule has 1 saturated heterocycles. The number of aryl methyl sites for hydroxylation is 3. The molecule has 1 fully saturated rings. The first-order chi connectivity index (χ1) is 11.6. The Balaban J connectivity index is 1.65. The van der Waals surface area contributed by atoms with E-state index in [-0.39, 0.29) is 0 Å². The van der Waals surface area contributed by atoms with Crippen LogP contribution >= 0.6 is 0 Å². The lowest BCUT2D eigenvalue weighted by atomic mass is 10.0. The van der Waals surface area contributed by atoms with E-state index in [0.717, 1.165) is 48.4 Å². The fraction of sp³-hybridized carbons (Fsp3) is 0.562. The largest absolute Gasteiger partial charge is 0.350 e. The number of aromatic nitrogens is 7. The van der Waals surface area contributed by atoms with E-state index in [4.69, 9.17) is 5.10 Å². The maximum Gasteiger partial charge on any atom is 0.178 e. The van der Waals surface area contributed by atoms with E-state index in [1.54, 1.807) is 0 Å². The number of anilines is 1. The summed E-state index contributed by atoms with van der Waals surface area (Å²) in [4.78, 5) is 6.80. The minimum Gasteiger partial charge on any atom is -0.350 e. The molecule has 0 amide bonds. The van der Waals surface area contributed by atoms with Crippen LogP contribution in [-0.4, -0.2) is 47.2 Å². The van der Waals surface area contributed by atoms with Gasteiger partial charge in [0.15, 0.2) is 11.5 Å². The van der Waals surface area contributed by atoms with Crippen LogP contribution in [-0.2, 0) is 6.54 Å². The Hall–Kier alpha value is -2.51. The molecule has 1 unspecified atom stereocenters. The van der Waals surface area contributed by atoms with Crippen LogP contribution in [0.5, 0.6) is 0 Å². The number of piperidine rings is 1. The Morgan fingerprint density at radius 1 is 1.04 bits per heavy atom. The molecule has 4 heterocycles. The van der Waals surface area contributed by atoms with Crippen molar-refractivity contribution in [2.45, 2.75) is 52.6 Å². The van der Waals surface area contributed by atoms with Gasteiger partial charge in [0.2, 0.25) is 0 Å². The fourth-order valence-corrected chi connectivity index (χ4v) is 3.47. The van der Waals surface area contributed by atoms with Crippen molar-refractivity contribution in [3.8, 4) is 0 Å². The molecule has 3 aromatic heterocycles. The Kier molecular flexibility index (Phi) is 3.66. The maximum atomic E-state index is 4.75. The van der Waals surface area contributed by atoms with Crippen molar-refractivity contribution in [1.82, 2.24) is 34.6 Å². The molecule has 4 rings (SSSR count). The van der Waals surface area contributed by atoms with E-state index < -0.39 is 0 Å². The van der Waals surface area contributed by atoms with Crippen LogP contribution < -0.4 is 4.90 Å². The monoisotopic (exact) mass is 326 g/mol.